The van der Waals surface area contributed by atoms with Gasteiger partial charge in [0.2, 0.25) is 0 Å². The number of rotatable bonds is 6. The third-order valence-electron chi connectivity index (χ3n) is 4.41. The van der Waals surface area contributed by atoms with Crippen LogP contribution in [0.4, 0.5) is 4.79 Å². The van der Waals surface area contributed by atoms with Crippen molar-refractivity contribution in [1.82, 2.24) is 10.2 Å². The first-order valence-electron chi connectivity index (χ1n) is 7.71. The molecule has 0 aromatic heterocycles. The molecule has 3 rings (SSSR count). The molecule has 24 heavy (non-hydrogen) atoms. The van der Waals surface area contributed by atoms with Crippen molar-refractivity contribution < 1.29 is 19.4 Å². The topological polar surface area (TPSA) is 78.9 Å². The summed E-state index contributed by atoms with van der Waals surface area (Å²) in [7, 11) is 0. The van der Waals surface area contributed by atoms with E-state index in [0.717, 1.165) is 17.7 Å². The van der Waals surface area contributed by atoms with Crippen LogP contribution in [0.25, 0.3) is 0 Å². The molecule has 130 valence electrons. The lowest BCUT2D eigenvalue weighted by atomic mass is 9.96. The van der Waals surface area contributed by atoms with E-state index in [4.69, 9.17) is 27.9 Å². The number of benzene rings is 1. The maximum atomic E-state index is 12.5. The number of aliphatic hydroxyl groups is 1. The molecule has 3 amide bonds. The lowest BCUT2D eigenvalue weighted by Gasteiger charge is -2.22. The van der Waals surface area contributed by atoms with Gasteiger partial charge in [-0.25, -0.2) is 4.79 Å². The quantitative estimate of drug-likeness (QED) is 0.751. The monoisotopic (exact) mass is 372 g/mol. The molecule has 2 atom stereocenters. The second-order valence-corrected chi connectivity index (χ2v) is 7.21. The first-order chi connectivity index (χ1) is 11.3. The predicted octanol–water partition coefficient (Wildman–Crippen LogP) is 2.45. The molecule has 2 fully saturated rings. The predicted molar refractivity (Wildman–Crippen MR) is 89.3 cm³/mol. The van der Waals surface area contributed by atoms with Crippen molar-refractivity contribution in [2.24, 2.45) is 5.92 Å². The van der Waals surface area contributed by atoms with Gasteiger partial charge in [0.05, 0.1) is 11.6 Å². The molecule has 2 aliphatic rings. The van der Waals surface area contributed by atoms with Crippen LogP contribution in [-0.2, 0) is 4.79 Å². The lowest BCUT2D eigenvalue weighted by molar-refractivity contribution is -0.132. The number of nitrogens with zero attached hydrogens (tertiary/aromatic N) is 1. The normalized spacial score (nSPS) is 24.9. The number of urea groups is 1. The molecule has 1 aliphatic carbocycles. The second kappa shape index (κ2) is 6.43. The summed E-state index contributed by atoms with van der Waals surface area (Å²) in [4.78, 5) is 25.6. The maximum Gasteiger partial charge on any atom is 0.325 e. The van der Waals surface area contributed by atoms with E-state index in [1.807, 2.05) is 0 Å². The number of halogens is 2. The van der Waals surface area contributed by atoms with E-state index >= 15 is 0 Å². The van der Waals surface area contributed by atoms with Gasteiger partial charge in [0, 0.05) is 11.1 Å². The number of aliphatic hydroxyl groups excluding tert-OH is 1. The van der Waals surface area contributed by atoms with Gasteiger partial charge in [0.15, 0.2) is 0 Å². The van der Waals surface area contributed by atoms with Crippen LogP contribution in [0, 0.1) is 5.92 Å². The smallest absolute Gasteiger partial charge is 0.325 e. The fraction of sp³-hybridized carbons (Fsp3) is 0.500. The largest absolute Gasteiger partial charge is 0.489 e. The Balaban J connectivity index is 1.58. The molecule has 1 saturated heterocycles. The first kappa shape index (κ1) is 17.3. The second-order valence-electron chi connectivity index (χ2n) is 6.36. The van der Waals surface area contributed by atoms with Crippen molar-refractivity contribution in [3.8, 4) is 5.75 Å². The number of carbonyl (C=O) groups is 2. The summed E-state index contributed by atoms with van der Waals surface area (Å²) in [6.45, 7) is 1.49. The average molecular weight is 373 g/mol. The number of ether oxygens (including phenoxy) is 1. The van der Waals surface area contributed by atoms with Crippen LogP contribution in [0.2, 0.25) is 10.0 Å². The van der Waals surface area contributed by atoms with E-state index in [1.54, 1.807) is 19.1 Å². The summed E-state index contributed by atoms with van der Waals surface area (Å²) in [5.74, 6) is 0.218. The molecule has 0 radical (unpaired) electrons. The number of amides is 3. The van der Waals surface area contributed by atoms with E-state index in [0.29, 0.717) is 15.8 Å². The number of β-amino-alcohol motifs (C(OH)–C–C–N with tert-alkyl or cyclic N) is 1. The number of carbonyl (C=O) groups excluding carboxylic acids is 2. The Morgan fingerprint density at radius 2 is 2.12 bits per heavy atom. The highest BCUT2D eigenvalue weighted by Crippen LogP contribution is 2.42. The van der Waals surface area contributed by atoms with Crippen molar-refractivity contribution in [2.75, 3.05) is 13.2 Å². The maximum absolute atomic E-state index is 12.5. The third-order valence-corrected chi connectivity index (χ3v) is 4.96. The molecule has 1 aliphatic heterocycles. The molecule has 1 aromatic rings. The minimum Gasteiger partial charge on any atom is -0.489 e. The summed E-state index contributed by atoms with van der Waals surface area (Å²) in [5.41, 5.74) is -0.853. The Morgan fingerprint density at radius 1 is 1.42 bits per heavy atom. The fourth-order valence-electron chi connectivity index (χ4n) is 2.86. The van der Waals surface area contributed by atoms with Gasteiger partial charge in [-0.05, 0) is 37.8 Å². The first-order valence-corrected chi connectivity index (χ1v) is 8.47. The number of hydrogen-bond donors (Lipinski definition) is 2. The standard InChI is InChI=1S/C16H18Cl2N2O4/c1-16(9-2-3-9)14(22)20(15(23)19-16)7-11(21)8-24-13-6-10(17)4-5-12(13)18/h4-6,9,11,21H,2-3,7-8H2,1H3,(H,19,23)/t11-,16+/m1/s1. The molecular formula is C16H18Cl2N2O4. The number of nitrogens with one attached hydrogen (secondary N) is 1. The van der Waals surface area contributed by atoms with Gasteiger partial charge in [0.1, 0.15) is 24.0 Å². The summed E-state index contributed by atoms with van der Waals surface area (Å²) in [5, 5.41) is 13.7. The fourth-order valence-corrected chi connectivity index (χ4v) is 3.19. The Kier molecular flexibility index (Phi) is 4.64. The zero-order valence-corrected chi connectivity index (χ0v) is 14.6. The summed E-state index contributed by atoms with van der Waals surface area (Å²) >= 11 is 11.8. The number of imide groups is 1. The van der Waals surface area contributed by atoms with Gasteiger partial charge in [-0.3, -0.25) is 9.69 Å². The van der Waals surface area contributed by atoms with Crippen molar-refractivity contribution in [1.29, 1.82) is 0 Å². The van der Waals surface area contributed by atoms with Crippen molar-refractivity contribution in [3.63, 3.8) is 0 Å². The molecule has 2 N–H and O–H groups in total. The van der Waals surface area contributed by atoms with Gasteiger partial charge in [0.25, 0.3) is 5.91 Å². The lowest BCUT2D eigenvalue weighted by Crippen LogP contribution is -2.46. The Morgan fingerprint density at radius 3 is 2.79 bits per heavy atom. The zero-order chi connectivity index (χ0) is 17.5. The van der Waals surface area contributed by atoms with Crippen LogP contribution in [0.5, 0.6) is 5.75 Å². The molecule has 1 aromatic carbocycles. The Labute approximate surface area is 149 Å². The van der Waals surface area contributed by atoms with Crippen LogP contribution < -0.4 is 10.1 Å². The van der Waals surface area contributed by atoms with E-state index in [2.05, 4.69) is 5.32 Å². The van der Waals surface area contributed by atoms with Gasteiger partial charge < -0.3 is 15.2 Å². The average Bonchev–Trinajstić information content (AvgIpc) is 3.34. The highest BCUT2D eigenvalue weighted by molar-refractivity contribution is 6.34. The molecule has 6 nitrogen and oxygen atoms in total. The van der Waals surface area contributed by atoms with E-state index in [9.17, 15) is 14.7 Å². The molecular weight excluding hydrogens is 355 g/mol. The zero-order valence-electron chi connectivity index (χ0n) is 13.1. The van der Waals surface area contributed by atoms with Crippen molar-refractivity contribution in [2.45, 2.75) is 31.4 Å². The SMILES string of the molecule is C[C@@]1(C2CC2)NC(=O)N(C[C@@H](O)COc2cc(Cl)ccc2Cl)C1=O. The summed E-state index contributed by atoms with van der Waals surface area (Å²) < 4.78 is 5.44. The van der Waals surface area contributed by atoms with E-state index < -0.39 is 17.7 Å². The van der Waals surface area contributed by atoms with Crippen molar-refractivity contribution >= 4 is 35.1 Å². The van der Waals surface area contributed by atoms with Crippen LogP contribution in [0.15, 0.2) is 18.2 Å². The highest BCUT2D eigenvalue weighted by Gasteiger charge is 2.56. The summed E-state index contributed by atoms with van der Waals surface area (Å²) in [6.07, 6.45) is 0.821. The molecule has 0 spiro atoms. The van der Waals surface area contributed by atoms with Crippen molar-refractivity contribution in [3.05, 3.63) is 28.2 Å². The van der Waals surface area contributed by atoms with Gasteiger partial charge in [-0.15, -0.1) is 0 Å². The molecule has 0 unspecified atom stereocenters. The van der Waals surface area contributed by atoms with Gasteiger partial charge in [-0.1, -0.05) is 23.2 Å². The Hall–Kier alpha value is -1.50. The molecule has 0 bridgehead atoms. The van der Waals surface area contributed by atoms with Crippen LogP contribution in [0.3, 0.4) is 0 Å². The summed E-state index contributed by atoms with van der Waals surface area (Å²) in [6, 6.07) is 4.27. The third kappa shape index (κ3) is 3.31. The van der Waals surface area contributed by atoms with Gasteiger partial charge in [-0.2, -0.15) is 0 Å². The molecule has 1 heterocycles. The van der Waals surface area contributed by atoms with Crippen LogP contribution in [0.1, 0.15) is 19.8 Å². The van der Waals surface area contributed by atoms with E-state index in [-0.39, 0.29) is 25.0 Å². The molecule has 8 heteroatoms. The Bertz CT molecular complexity index is 680. The van der Waals surface area contributed by atoms with Crippen LogP contribution in [-0.4, -0.2) is 46.7 Å². The van der Waals surface area contributed by atoms with E-state index in [1.165, 1.54) is 6.07 Å². The van der Waals surface area contributed by atoms with Gasteiger partial charge >= 0.3 is 6.03 Å². The highest BCUT2D eigenvalue weighted by atomic mass is 35.5. The van der Waals surface area contributed by atoms with Crippen LogP contribution >= 0.6 is 23.2 Å². The minimum absolute atomic E-state index is 0.114. The molecule has 1 saturated carbocycles. The minimum atomic E-state index is -1.03. The number of hydrogen-bond acceptors (Lipinski definition) is 4.